The molecule has 0 radical (unpaired) electrons. The van der Waals surface area contributed by atoms with Crippen LogP contribution in [-0.4, -0.2) is 0 Å². The van der Waals surface area contributed by atoms with Gasteiger partial charge in [-0.2, -0.15) is 0 Å². The molecule has 186 valence electrons. The first-order valence-corrected chi connectivity index (χ1v) is 12.7. The average molecular weight is 490 g/mol. The minimum Gasteiger partial charge on any atom is -0.456 e. The number of nitrogens with zero attached hydrogens (tertiary/aromatic N) is 1. The van der Waals surface area contributed by atoms with Crippen LogP contribution >= 0.6 is 0 Å². The maximum absolute atomic E-state index is 13.4. The summed E-state index contributed by atoms with van der Waals surface area (Å²) >= 11 is 0. The van der Waals surface area contributed by atoms with Gasteiger partial charge in [0.2, 0.25) is 5.43 Å². The van der Waals surface area contributed by atoms with E-state index in [1.54, 1.807) is 0 Å². The second kappa shape index (κ2) is 7.97. The Hall–Kier alpha value is -4.05. The number of ether oxygens (including phenoxy) is 1. The zero-order valence-electron chi connectivity index (χ0n) is 22.2. The summed E-state index contributed by atoms with van der Waals surface area (Å²) < 4.78 is 12.6. The van der Waals surface area contributed by atoms with Crippen molar-refractivity contribution in [2.75, 3.05) is 4.90 Å². The molecule has 1 aliphatic heterocycles. The lowest BCUT2D eigenvalue weighted by atomic mass is 9.86. The van der Waals surface area contributed by atoms with Crippen LogP contribution in [0, 0.1) is 0 Å². The van der Waals surface area contributed by atoms with E-state index in [0.29, 0.717) is 21.9 Å². The number of para-hydroxylation sites is 1. The van der Waals surface area contributed by atoms with Gasteiger partial charge < -0.3 is 14.1 Å². The minimum absolute atomic E-state index is 0.0142. The Bertz CT molecular complexity index is 1690. The van der Waals surface area contributed by atoms with E-state index in [1.807, 2.05) is 42.5 Å². The second-order valence-electron chi connectivity index (χ2n) is 11.9. The molecule has 4 heteroatoms. The van der Waals surface area contributed by atoms with Crippen LogP contribution in [0.3, 0.4) is 0 Å². The van der Waals surface area contributed by atoms with Gasteiger partial charge >= 0.3 is 0 Å². The highest BCUT2D eigenvalue weighted by Crippen LogP contribution is 2.52. The molecule has 0 aliphatic carbocycles. The summed E-state index contributed by atoms with van der Waals surface area (Å²) in [5, 5.41) is 1.14. The fourth-order valence-corrected chi connectivity index (χ4v) is 4.95. The standard InChI is InChI=1S/C33H31NO3/c1-32(2,3)20-11-14-25-29(17-20)37-30-18-21(33(4,5)6)12-15-26(30)34(25)22-13-16-28-24(19-22)31(35)23-9-7-8-10-27(23)36-28/h7-19H,1-6H3. The van der Waals surface area contributed by atoms with Crippen LogP contribution < -0.4 is 15.1 Å². The Morgan fingerprint density at radius 3 is 1.78 bits per heavy atom. The molecule has 0 unspecified atom stereocenters. The quantitative estimate of drug-likeness (QED) is 0.216. The highest BCUT2D eigenvalue weighted by Gasteiger charge is 2.29. The van der Waals surface area contributed by atoms with Crippen molar-refractivity contribution in [2.24, 2.45) is 0 Å². The molecule has 1 aromatic heterocycles. The molecule has 4 aromatic carbocycles. The molecule has 0 amide bonds. The molecule has 2 heterocycles. The van der Waals surface area contributed by atoms with Gasteiger partial charge in [0.05, 0.1) is 22.1 Å². The molecule has 0 spiro atoms. The number of rotatable bonds is 1. The van der Waals surface area contributed by atoms with Gasteiger partial charge in [0.1, 0.15) is 11.2 Å². The highest BCUT2D eigenvalue weighted by atomic mass is 16.5. The summed E-state index contributed by atoms with van der Waals surface area (Å²) in [6, 6.07) is 26.0. The first-order valence-electron chi connectivity index (χ1n) is 12.7. The zero-order valence-corrected chi connectivity index (χ0v) is 22.2. The van der Waals surface area contributed by atoms with Crippen LogP contribution in [0.2, 0.25) is 0 Å². The van der Waals surface area contributed by atoms with Gasteiger partial charge in [0.15, 0.2) is 11.5 Å². The summed E-state index contributed by atoms with van der Waals surface area (Å²) in [5.41, 5.74) is 6.28. The van der Waals surface area contributed by atoms with Gasteiger partial charge in [-0.25, -0.2) is 0 Å². The van der Waals surface area contributed by atoms with Crippen LogP contribution in [0.5, 0.6) is 11.5 Å². The van der Waals surface area contributed by atoms with Crippen molar-refractivity contribution in [2.45, 2.75) is 52.4 Å². The summed E-state index contributed by atoms with van der Waals surface area (Å²) in [5.74, 6) is 1.60. The number of anilines is 3. The molecule has 0 saturated carbocycles. The lowest BCUT2D eigenvalue weighted by Gasteiger charge is -2.35. The summed E-state index contributed by atoms with van der Waals surface area (Å²) in [6.45, 7) is 13.2. The van der Waals surface area contributed by atoms with Gasteiger partial charge in [0.25, 0.3) is 0 Å². The van der Waals surface area contributed by atoms with E-state index in [9.17, 15) is 4.79 Å². The Balaban J connectivity index is 1.60. The van der Waals surface area contributed by atoms with Crippen molar-refractivity contribution in [3.8, 4) is 11.5 Å². The summed E-state index contributed by atoms with van der Waals surface area (Å²) in [7, 11) is 0. The van der Waals surface area contributed by atoms with Crippen LogP contribution in [0.15, 0.2) is 88.1 Å². The maximum atomic E-state index is 13.4. The molecule has 4 nitrogen and oxygen atoms in total. The van der Waals surface area contributed by atoms with Crippen molar-refractivity contribution < 1.29 is 9.15 Å². The van der Waals surface area contributed by atoms with Gasteiger partial charge in [-0.05, 0) is 76.6 Å². The van der Waals surface area contributed by atoms with E-state index < -0.39 is 0 Å². The Morgan fingerprint density at radius 2 is 1.19 bits per heavy atom. The average Bonchev–Trinajstić information content (AvgIpc) is 2.85. The van der Waals surface area contributed by atoms with E-state index >= 15 is 0 Å². The van der Waals surface area contributed by atoms with E-state index in [1.165, 1.54) is 11.1 Å². The molecule has 37 heavy (non-hydrogen) atoms. The Morgan fingerprint density at radius 1 is 0.622 bits per heavy atom. The molecule has 0 saturated heterocycles. The second-order valence-corrected chi connectivity index (χ2v) is 11.9. The van der Waals surface area contributed by atoms with Crippen molar-refractivity contribution >= 4 is 39.0 Å². The molecule has 0 fully saturated rings. The van der Waals surface area contributed by atoms with E-state index in [4.69, 9.17) is 9.15 Å². The predicted molar refractivity (Wildman–Crippen MR) is 152 cm³/mol. The van der Waals surface area contributed by atoms with Crippen LogP contribution in [0.1, 0.15) is 52.7 Å². The van der Waals surface area contributed by atoms with E-state index in [0.717, 1.165) is 28.6 Å². The SMILES string of the molecule is CC(C)(C)c1ccc2c(c1)Oc1cc(C(C)(C)C)ccc1N2c1ccc2oc3ccccc3c(=O)c2c1. The molecule has 1 aliphatic rings. The maximum Gasteiger partial charge on any atom is 0.200 e. The third kappa shape index (κ3) is 3.88. The number of hydrogen-bond donors (Lipinski definition) is 0. The molecule has 0 atom stereocenters. The normalized spacial score (nSPS) is 13.4. The van der Waals surface area contributed by atoms with Crippen molar-refractivity contribution in [1.29, 1.82) is 0 Å². The molecule has 0 N–H and O–H groups in total. The summed E-state index contributed by atoms with van der Waals surface area (Å²) in [6.07, 6.45) is 0. The Labute approximate surface area is 217 Å². The largest absolute Gasteiger partial charge is 0.456 e. The van der Waals surface area contributed by atoms with Gasteiger partial charge in [-0.15, -0.1) is 0 Å². The van der Waals surface area contributed by atoms with Gasteiger partial charge in [-0.1, -0.05) is 65.8 Å². The molecule has 5 aromatic rings. The van der Waals surface area contributed by atoms with Crippen LogP contribution in [-0.2, 0) is 10.8 Å². The fourth-order valence-electron chi connectivity index (χ4n) is 4.95. The fraction of sp³-hybridized carbons (Fsp3) is 0.242. The molecule has 0 bridgehead atoms. The van der Waals surface area contributed by atoms with Crippen molar-refractivity contribution in [1.82, 2.24) is 0 Å². The van der Waals surface area contributed by atoms with Crippen molar-refractivity contribution in [3.63, 3.8) is 0 Å². The van der Waals surface area contributed by atoms with E-state index in [-0.39, 0.29) is 16.3 Å². The Kier molecular flexibility index (Phi) is 5.03. The zero-order chi connectivity index (χ0) is 26.1. The highest BCUT2D eigenvalue weighted by molar-refractivity contribution is 5.94. The lowest BCUT2D eigenvalue weighted by molar-refractivity contribution is 0.469. The smallest absolute Gasteiger partial charge is 0.200 e. The van der Waals surface area contributed by atoms with Gasteiger partial charge in [-0.3, -0.25) is 4.79 Å². The third-order valence-electron chi connectivity index (χ3n) is 7.17. The first-order chi connectivity index (χ1) is 17.5. The lowest BCUT2D eigenvalue weighted by Crippen LogP contribution is -2.19. The monoisotopic (exact) mass is 489 g/mol. The number of hydrogen-bond acceptors (Lipinski definition) is 4. The first kappa shape index (κ1) is 23.4. The number of benzene rings is 4. The summed E-state index contributed by atoms with van der Waals surface area (Å²) in [4.78, 5) is 15.6. The minimum atomic E-state index is -0.0291. The molecule has 6 rings (SSSR count). The molecular formula is C33H31NO3. The van der Waals surface area contributed by atoms with Crippen LogP contribution in [0.4, 0.5) is 17.1 Å². The molecular weight excluding hydrogens is 458 g/mol. The van der Waals surface area contributed by atoms with E-state index in [2.05, 4.69) is 82.8 Å². The predicted octanol–water partition coefficient (Wildman–Crippen LogP) is 9.12. The van der Waals surface area contributed by atoms with Crippen molar-refractivity contribution in [3.05, 3.63) is 100 Å². The van der Waals surface area contributed by atoms with Crippen LogP contribution in [0.25, 0.3) is 21.9 Å². The number of fused-ring (bicyclic) bond motifs is 4. The van der Waals surface area contributed by atoms with Gasteiger partial charge in [0, 0.05) is 5.69 Å². The topological polar surface area (TPSA) is 42.7 Å². The third-order valence-corrected chi connectivity index (χ3v) is 7.17.